The van der Waals surface area contributed by atoms with Gasteiger partial charge in [0, 0.05) is 24.0 Å². The van der Waals surface area contributed by atoms with Gasteiger partial charge in [0.05, 0.1) is 17.9 Å². The molecule has 1 aromatic heterocycles. The van der Waals surface area contributed by atoms with E-state index in [2.05, 4.69) is 36.2 Å². The lowest BCUT2D eigenvalue weighted by Gasteiger charge is -2.28. The first-order valence-corrected chi connectivity index (χ1v) is 11.7. The molecule has 3 rings (SSSR count). The maximum Gasteiger partial charge on any atom is 0.309 e. The zero-order chi connectivity index (χ0) is 19.4. The van der Waals surface area contributed by atoms with Crippen molar-refractivity contribution in [2.24, 2.45) is 5.92 Å². The Hall–Kier alpha value is -1.77. The van der Waals surface area contributed by atoms with Gasteiger partial charge in [0.25, 0.3) is 0 Å². The van der Waals surface area contributed by atoms with Crippen LogP contribution in [0.4, 0.5) is 0 Å². The van der Waals surface area contributed by atoms with Gasteiger partial charge in [0.2, 0.25) is 10.0 Å². The van der Waals surface area contributed by atoms with E-state index in [0.717, 1.165) is 22.7 Å². The Morgan fingerprint density at radius 1 is 1.26 bits per heavy atom. The summed E-state index contributed by atoms with van der Waals surface area (Å²) in [5.41, 5.74) is 3.07. The molecule has 6 nitrogen and oxygen atoms in total. The van der Waals surface area contributed by atoms with E-state index in [1.54, 1.807) is 0 Å². The van der Waals surface area contributed by atoms with Crippen molar-refractivity contribution in [3.05, 3.63) is 40.9 Å². The maximum absolute atomic E-state index is 12.3. The topological polar surface area (TPSA) is 76.6 Å². The molecule has 146 valence electrons. The van der Waals surface area contributed by atoms with Crippen LogP contribution in [0.1, 0.15) is 31.0 Å². The van der Waals surface area contributed by atoms with Crippen LogP contribution in [0.2, 0.25) is 0 Å². The Morgan fingerprint density at radius 3 is 2.52 bits per heavy atom. The van der Waals surface area contributed by atoms with Gasteiger partial charge in [-0.3, -0.25) is 4.79 Å². The smallest absolute Gasteiger partial charge is 0.309 e. The first-order valence-electron chi connectivity index (χ1n) is 9.02. The van der Waals surface area contributed by atoms with E-state index in [0.29, 0.717) is 25.9 Å². The molecule has 0 N–H and O–H groups in total. The van der Waals surface area contributed by atoms with Crippen molar-refractivity contribution in [2.75, 3.05) is 19.3 Å². The number of benzene rings is 1. The summed E-state index contributed by atoms with van der Waals surface area (Å²) in [6, 6.07) is 8.31. The molecule has 1 aromatic carbocycles. The molecule has 0 unspecified atom stereocenters. The van der Waals surface area contributed by atoms with Crippen LogP contribution >= 0.6 is 11.3 Å². The molecule has 1 aliphatic rings. The predicted octanol–water partition coefficient (Wildman–Crippen LogP) is 3.09. The Balaban J connectivity index is 1.52. The molecule has 2 heterocycles. The lowest BCUT2D eigenvalue weighted by molar-refractivity contribution is -0.151. The molecule has 2 aromatic rings. The number of hydrogen-bond acceptors (Lipinski definition) is 6. The van der Waals surface area contributed by atoms with E-state index in [4.69, 9.17) is 4.74 Å². The predicted molar refractivity (Wildman–Crippen MR) is 106 cm³/mol. The van der Waals surface area contributed by atoms with E-state index in [-0.39, 0.29) is 18.5 Å². The second kappa shape index (κ2) is 8.50. The number of ether oxygens (including phenoxy) is 1. The van der Waals surface area contributed by atoms with Crippen LogP contribution < -0.4 is 0 Å². The van der Waals surface area contributed by atoms with Gasteiger partial charge in [-0.15, -0.1) is 11.3 Å². The molecule has 1 fully saturated rings. The van der Waals surface area contributed by atoms with Gasteiger partial charge >= 0.3 is 5.97 Å². The molecule has 0 aliphatic carbocycles. The Kier molecular flexibility index (Phi) is 6.29. The number of aryl methyl sites for hydroxylation is 1. The van der Waals surface area contributed by atoms with Crippen LogP contribution in [-0.4, -0.2) is 43.0 Å². The number of esters is 1. The molecular weight excluding hydrogens is 384 g/mol. The van der Waals surface area contributed by atoms with Crippen molar-refractivity contribution in [3.8, 4) is 10.6 Å². The molecular formula is C19H24N2O4S2. The summed E-state index contributed by atoms with van der Waals surface area (Å²) in [6.07, 6.45) is 3.19. The standard InChI is InChI=1S/C19H24N2O4S2/c1-3-14-4-6-15(7-5-14)18-20-17(13-26-18)12-25-19(22)16-8-10-21(11-9-16)27(2,23)24/h4-7,13,16H,3,8-12H2,1-2H3. The lowest BCUT2D eigenvalue weighted by atomic mass is 9.98. The summed E-state index contributed by atoms with van der Waals surface area (Å²) in [5, 5.41) is 2.81. The van der Waals surface area contributed by atoms with E-state index in [9.17, 15) is 13.2 Å². The summed E-state index contributed by atoms with van der Waals surface area (Å²) in [4.78, 5) is 16.8. The first-order chi connectivity index (χ1) is 12.9. The number of rotatable bonds is 6. The minimum atomic E-state index is -3.19. The minimum absolute atomic E-state index is 0.147. The molecule has 1 aliphatic heterocycles. The zero-order valence-electron chi connectivity index (χ0n) is 15.6. The fourth-order valence-corrected chi connectivity index (χ4v) is 4.76. The van der Waals surface area contributed by atoms with E-state index in [1.165, 1.54) is 27.5 Å². The second-order valence-corrected chi connectivity index (χ2v) is 9.58. The number of carbonyl (C=O) groups is 1. The molecule has 0 bridgehead atoms. The molecule has 0 amide bonds. The summed E-state index contributed by atoms with van der Waals surface area (Å²) < 4.78 is 29.9. The number of sulfonamides is 1. The van der Waals surface area contributed by atoms with Crippen molar-refractivity contribution in [2.45, 2.75) is 32.8 Å². The number of thiazole rings is 1. The van der Waals surface area contributed by atoms with Gasteiger partial charge in [-0.25, -0.2) is 17.7 Å². The largest absolute Gasteiger partial charge is 0.459 e. The van der Waals surface area contributed by atoms with Crippen molar-refractivity contribution < 1.29 is 17.9 Å². The summed E-state index contributed by atoms with van der Waals surface area (Å²) >= 11 is 1.53. The zero-order valence-corrected chi connectivity index (χ0v) is 17.2. The number of aromatic nitrogens is 1. The normalized spacial score (nSPS) is 16.4. The van der Waals surface area contributed by atoms with Crippen LogP contribution in [0.5, 0.6) is 0 Å². The highest BCUT2D eigenvalue weighted by Gasteiger charge is 2.29. The highest BCUT2D eigenvalue weighted by molar-refractivity contribution is 7.88. The minimum Gasteiger partial charge on any atom is -0.459 e. The monoisotopic (exact) mass is 408 g/mol. The molecule has 1 saturated heterocycles. The van der Waals surface area contributed by atoms with Crippen molar-refractivity contribution in [1.82, 2.24) is 9.29 Å². The first kappa shape index (κ1) is 20.0. The Bertz CT molecular complexity index is 883. The van der Waals surface area contributed by atoms with Gasteiger partial charge < -0.3 is 4.74 Å². The average molecular weight is 409 g/mol. The third-order valence-electron chi connectivity index (χ3n) is 4.78. The van der Waals surface area contributed by atoms with E-state index in [1.807, 2.05) is 5.38 Å². The van der Waals surface area contributed by atoms with Gasteiger partial charge in [-0.1, -0.05) is 31.2 Å². The van der Waals surface area contributed by atoms with Crippen LogP contribution in [0.3, 0.4) is 0 Å². The van der Waals surface area contributed by atoms with Crippen molar-refractivity contribution in [3.63, 3.8) is 0 Å². The Labute approximate surface area is 164 Å². The van der Waals surface area contributed by atoms with Gasteiger partial charge in [0.1, 0.15) is 11.6 Å². The highest BCUT2D eigenvalue weighted by Crippen LogP contribution is 2.25. The second-order valence-electron chi connectivity index (χ2n) is 6.74. The average Bonchev–Trinajstić information content (AvgIpc) is 3.14. The fourth-order valence-electron chi connectivity index (χ4n) is 3.07. The molecule has 0 saturated carbocycles. The highest BCUT2D eigenvalue weighted by atomic mass is 32.2. The van der Waals surface area contributed by atoms with E-state index >= 15 is 0 Å². The lowest BCUT2D eigenvalue weighted by Crippen LogP contribution is -2.40. The Morgan fingerprint density at radius 2 is 1.93 bits per heavy atom. The summed E-state index contributed by atoms with van der Waals surface area (Å²) in [5.74, 6) is -0.521. The number of nitrogens with zero attached hydrogens (tertiary/aromatic N) is 2. The number of carbonyl (C=O) groups excluding carboxylic acids is 1. The van der Waals surface area contributed by atoms with Gasteiger partial charge in [-0.05, 0) is 24.8 Å². The van der Waals surface area contributed by atoms with Crippen LogP contribution in [0.15, 0.2) is 29.6 Å². The molecule has 27 heavy (non-hydrogen) atoms. The van der Waals surface area contributed by atoms with E-state index < -0.39 is 10.0 Å². The van der Waals surface area contributed by atoms with Crippen LogP contribution in [-0.2, 0) is 32.6 Å². The fraction of sp³-hybridized carbons (Fsp3) is 0.474. The summed E-state index contributed by atoms with van der Waals surface area (Å²) in [7, 11) is -3.19. The third kappa shape index (κ3) is 5.15. The third-order valence-corrected chi connectivity index (χ3v) is 7.02. The molecule has 0 radical (unpaired) electrons. The summed E-state index contributed by atoms with van der Waals surface area (Å²) in [6.45, 7) is 3.00. The van der Waals surface area contributed by atoms with Crippen LogP contribution in [0, 0.1) is 5.92 Å². The van der Waals surface area contributed by atoms with Gasteiger partial charge in [-0.2, -0.15) is 0 Å². The number of hydrogen-bond donors (Lipinski definition) is 0. The number of piperidine rings is 1. The van der Waals surface area contributed by atoms with Crippen molar-refractivity contribution >= 4 is 27.3 Å². The van der Waals surface area contributed by atoms with Gasteiger partial charge in [0.15, 0.2) is 0 Å². The molecule has 0 spiro atoms. The maximum atomic E-state index is 12.3. The quantitative estimate of drug-likeness (QED) is 0.687. The van der Waals surface area contributed by atoms with Crippen LogP contribution in [0.25, 0.3) is 10.6 Å². The van der Waals surface area contributed by atoms with Crippen molar-refractivity contribution in [1.29, 1.82) is 0 Å². The molecule has 0 atom stereocenters. The SMILES string of the molecule is CCc1ccc(-c2nc(COC(=O)C3CCN(S(C)(=O)=O)CC3)cs2)cc1. The molecule has 8 heteroatoms.